The molecule has 1 N–H and O–H groups in total. The molecule has 0 aromatic heterocycles. The number of anilines is 4. The van der Waals surface area contributed by atoms with Gasteiger partial charge in [0.1, 0.15) is 0 Å². The number of hydrogen-bond donors (Lipinski definition) is 1. The van der Waals surface area contributed by atoms with Crippen LogP contribution in [0, 0.1) is 0 Å². The zero-order valence-electron chi connectivity index (χ0n) is 19.2. The van der Waals surface area contributed by atoms with Crippen LogP contribution in [0.4, 0.5) is 22.7 Å². The normalized spacial score (nSPS) is 16.5. The molecule has 0 amide bonds. The van der Waals surface area contributed by atoms with Gasteiger partial charge < -0.3 is 24.5 Å². The number of piperazine rings is 1. The van der Waals surface area contributed by atoms with E-state index in [0.717, 1.165) is 82.4 Å². The number of ether oxygens (including phenoxy) is 1. The Morgan fingerprint density at radius 1 is 1.00 bits per heavy atom. The van der Waals surface area contributed by atoms with Crippen molar-refractivity contribution in [2.75, 3.05) is 74.4 Å². The predicted molar refractivity (Wildman–Crippen MR) is 130 cm³/mol. The van der Waals surface area contributed by atoms with Crippen LogP contribution in [0.3, 0.4) is 0 Å². The van der Waals surface area contributed by atoms with Gasteiger partial charge in [0, 0.05) is 57.8 Å². The van der Waals surface area contributed by atoms with Gasteiger partial charge in [-0.3, -0.25) is 4.90 Å². The van der Waals surface area contributed by atoms with Gasteiger partial charge in [0.15, 0.2) is 0 Å². The van der Waals surface area contributed by atoms with E-state index in [-0.39, 0.29) is 0 Å². The minimum absolute atomic E-state index is 0.340. The summed E-state index contributed by atoms with van der Waals surface area (Å²) < 4.78 is 5.21. The van der Waals surface area contributed by atoms with Gasteiger partial charge >= 0.3 is 5.97 Å². The van der Waals surface area contributed by atoms with Crippen LogP contribution in [0.15, 0.2) is 42.5 Å². The van der Waals surface area contributed by atoms with Gasteiger partial charge in [0.05, 0.1) is 30.2 Å². The van der Waals surface area contributed by atoms with Crippen molar-refractivity contribution < 1.29 is 14.6 Å². The first kappa shape index (κ1) is 22.4. The van der Waals surface area contributed by atoms with Crippen molar-refractivity contribution in [3.8, 4) is 0 Å². The summed E-state index contributed by atoms with van der Waals surface area (Å²) in [6.07, 6.45) is 2.19. The topological polar surface area (TPSA) is 59.5 Å². The van der Waals surface area contributed by atoms with Crippen molar-refractivity contribution in [3.63, 3.8) is 0 Å². The lowest BCUT2D eigenvalue weighted by atomic mass is 10.1. The Morgan fingerprint density at radius 3 is 2.50 bits per heavy atom. The van der Waals surface area contributed by atoms with E-state index in [1.807, 2.05) is 12.1 Å². The molecule has 0 atom stereocenters. The average molecular weight is 439 g/mol. The number of rotatable bonds is 9. The molecular weight excluding hydrogens is 404 g/mol. The first-order chi connectivity index (χ1) is 15.6. The highest BCUT2D eigenvalue weighted by molar-refractivity contribution is 5.93. The molecule has 7 heteroatoms. The smallest absolute Gasteiger partial charge is 0.335 e. The maximum absolute atomic E-state index is 11.5. The van der Waals surface area contributed by atoms with E-state index < -0.39 is 5.97 Å². The van der Waals surface area contributed by atoms with Crippen LogP contribution in [0.25, 0.3) is 0 Å². The maximum atomic E-state index is 11.5. The Morgan fingerprint density at radius 2 is 1.78 bits per heavy atom. The quantitative estimate of drug-likeness (QED) is 0.638. The number of fused-ring (bicyclic) bond motifs is 1. The Bertz CT molecular complexity index is 927. The second kappa shape index (κ2) is 10.2. The van der Waals surface area contributed by atoms with Crippen LogP contribution in [0.5, 0.6) is 0 Å². The second-order valence-corrected chi connectivity index (χ2v) is 8.54. The molecule has 0 saturated carbocycles. The first-order valence-corrected chi connectivity index (χ1v) is 11.6. The summed E-state index contributed by atoms with van der Waals surface area (Å²) in [4.78, 5) is 21.0. The Kier molecular flexibility index (Phi) is 7.17. The molecule has 0 bridgehead atoms. The molecule has 7 nitrogen and oxygen atoms in total. The van der Waals surface area contributed by atoms with E-state index in [1.54, 1.807) is 13.2 Å². The third-order valence-corrected chi connectivity index (χ3v) is 6.44. The van der Waals surface area contributed by atoms with Gasteiger partial charge in [-0.05, 0) is 42.8 Å². The molecule has 2 heterocycles. The monoisotopic (exact) mass is 438 g/mol. The summed E-state index contributed by atoms with van der Waals surface area (Å²) in [6, 6.07) is 14.2. The molecule has 2 aromatic rings. The van der Waals surface area contributed by atoms with Crippen LogP contribution in [0.2, 0.25) is 0 Å². The standard InChI is InChI=1S/C25H34N4O3/c1-3-4-10-28-19-29(23-9-8-20(25(30)31)17-24(23)28)22-7-5-6-21(18-22)27-13-11-26(12-14-27)15-16-32-2/h5-9,17-18H,3-4,10-16,19H2,1-2H3,(H,30,31). The van der Waals surface area contributed by atoms with Gasteiger partial charge in [-0.15, -0.1) is 0 Å². The number of nitrogens with zero attached hydrogens (tertiary/aromatic N) is 4. The van der Waals surface area contributed by atoms with E-state index in [1.165, 1.54) is 5.69 Å². The van der Waals surface area contributed by atoms with E-state index in [0.29, 0.717) is 5.56 Å². The van der Waals surface area contributed by atoms with Crippen molar-refractivity contribution in [3.05, 3.63) is 48.0 Å². The molecule has 0 radical (unpaired) electrons. The minimum atomic E-state index is -0.881. The van der Waals surface area contributed by atoms with E-state index >= 15 is 0 Å². The van der Waals surface area contributed by atoms with Crippen LogP contribution in [0.1, 0.15) is 30.1 Å². The molecule has 2 aromatic carbocycles. The van der Waals surface area contributed by atoms with Gasteiger partial charge in [-0.1, -0.05) is 19.4 Å². The number of methoxy groups -OCH3 is 1. The number of benzene rings is 2. The van der Waals surface area contributed by atoms with Gasteiger partial charge in [-0.25, -0.2) is 4.79 Å². The van der Waals surface area contributed by atoms with Crippen molar-refractivity contribution in [1.29, 1.82) is 0 Å². The summed E-state index contributed by atoms with van der Waals surface area (Å²) in [5.74, 6) is -0.881. The average Bonchev–Trinajstić information content (AvgIpc) is 3.19. The summed E-state index contributed by atoms with van der Waals surface area (Å²) in [5.41, 5.74) is 4.81. The molecule has 1 fully saturated rings. The van der Waals surface area contributed by atoms with Crippen molar-refractivity contribution in [2.45, 2.75) is 19.8 Å². The van der Waals surface area contributed by atoms with E-state index in [2.05, 4.69) is 50.8 Å². The number of unbranched alkanes of at least 4 members (excludes halogenated alkanes) is 1. The lowest BCUT2D eigenvalue weighted by molar-refractivity contribution is 0.0697. The van der Waals surface area contributed by atoms with Crippen molar-refractivity contribution in [1.82, 2.24) is 4.90 Å². The Hall–Kier alpha value is -2.77. The maximum Gasteiger partial charge on any atom is 0.335 e. The summed E-state index contributed by atoms with van der Waals surface area (Å²) >= 11 is 0. The second-order valence-electron chi connectivity index (χ2n) is 8.54. The van der Waals surface area contributed by atoms with Gasteiger partial charge in [0.25, 0.3) is 0 Å². The number of carboxylic acid groups (broad SMARTS) is 1. The number of hydrogen-bond acceptors (Lipinski definition) is 6. The molecule has 0 unspecified atom stereocenters. The number of carboxylic acids is 1. The molecular formula is C25H34N4O3. The highest BCUT2D eigenvalue weighted by atomic mass is 16.5. The van der Waals surface area contributed by atoms with Crippen molar-refractivity contribution in [2.24, 2.45) is 0 Å². The van der Waals surface area contributed by atoms with E-state index in [4.69, 9.17) is 4.74 Å². The molecule has 2 aliphatic rings. The third-order valence-electron chi connectivity index (χ3n) is 6.44. The fraction of sp³-hybridized carbons (Fsp3) is 0.480. The highest BCUT2D eigenvalue weighted by Gasteiger charge is 2.28. The molecule has 32 heavy (non-hydrogen) atoms. The Balaban J connectivity index is 1.54. The SMILES string of the molecule is CCCCN1CN(c2cccc(N3CCN(CCOC)CC3)c2)c2ccc(C(=O)O)cc21. The van der Waals surface area contributed by atoms with Gasteiger partial charge in [-0.2, -0.15) is 0 Å². The summed E-state index contributed by atoms with van der Waals surface area (Å²) in [6.45, 7) is 9.72. The van der Waals surface area contributed by atoms with Crippen LogP contribution >= 0.6 is 0 Å². The number of carbonyl (C=O) groups is 1. The van der Waals surface area contributed by atoms with Gasteiger partial charge in [0.2, 0.25) is 0 Å². The van der Waals surface area contributed by atoms with E-state index in [9.17, 15) is 9.90 Å². The van der Waals surface area contributed by atoms with Crippen LogP contribution in [-0.2, 0) is 4.74 Å². The lowest BCUT2D eigenvalue weighted by Gasteiger charge is -2.36. The fourth-order valence-corrected chi connectivity index (χ4v) is 4.53. The fourth-order valence-electron chi connectivity index (χ4n) is 4.53. The first-order valence-electron chi connectivity index (χ1n) is 11.6. The minimum Gasteiger partial charge on any atom is -0.478 e. The predicted octanol–water partition coefficient (Wildman–Crippen LogP) is 3.87. The summed E-state index contributed by atoms with van der Waals surface area (Å²) in [7, 11) is 1.75. The van der Waals surface area contributed by atoms with Crippen LogP contribution < -0.4 is 14.7 Å². The highest BCUT2D eigenvalue weighted by Crippen LogP contribution is 2.42. The zero-order valence-corrected chi connectivity index (χ0v) is 19.2. The van der Waals surface area contributed by atoms with Crippen molar-refractivity contribution >= 4 is 28.7 Å². The molecule has 172 valence electrons. The molecule has 1 saturated heterocycles. The zero-order chi connectivity index (χ0) is 22.5. The lowest BCUT2D eigenvalue weighted by Crippen LogP contribution is -2.47. The molecule has 0 spiro atoms. The van der Waals surface area contributed by atoms with Crippen LogP contribution in [-0.4, -0.2) is 75.6 Å². The Labute approximate surface area is 190 Å². The largest absolute Gasteiger partial charge is 0.478 e. The molecule has 0 aliphatic carbocycles. The number of aromatic carboxylic acids is 1. The third kappa shape index (κ3) is 4.84. The molecule has 2 aliphatic heterocycles. The molecule has 4 rings (SSSR count). The summed E-state index contributed by atoms with van der Waals surface area (Å²) in [5, 5.41) is 9.46.